The smallest absolute Gasteiger partial charge is 0.319 e. The molecular formula is C33H41N3O5. The zero-order valence-corrected chi connectivity index (χ0v) is 23.9. The Kier molecular flexibility index (Phi) is 10.0. The fraction of sp³-hybridized carbons (Fsp3) is 0.424. The lowest BCUT2D eigenvalue weighted by Gasteiger charge is -2.43. The number of carbonyl (C=O) groups excluding carboxylic acids is 1. The lowest BCUT2D eigenvalue weighted by Crippen LogP contribution is -2.46. The molecule has 0 unspecified atom stereocenters. The van der Waals surface area contributed by atoms with E-state index in [-0.39, 0.29) is 30.8 Å². The molecule has 0 radical (unpaired) electrons. The summed E-state index contributed by atoms with van der Waals surface area (Å²) in [7, 11) is 1.76. The number of benzene rings is 3. The minimum atomic E-state index is -0.601. The highest BCUT2D eigenvalue weighted by atomic mass is 16.7. The van der Waals surface area contributed by atoms with Crippen molar-refractivity contribution in [1.82, 2.24) is 10.2 Å². The summed E-state index contributed by atoms with van der Waals surface area (Å²) in [5, 5.41) is 15.4. The first-order valence-corrected chi connectivity index (χ1v) is 14.5. The molecule has 41 heavy (non-hydrogen) atoms. The maximum atomic E-state index is 12.6. The molecule has 2 heterocycles. The number of rotatable bonds is 10. The summed E-state index contributed by atoms with van der Waals surface area (Å²) in [6.07, 6.45) is 1.42. The second kappa shape index (κ2) is 14.1. The van der Waals surface area contributed by atoms with Crippen molar-refractivity contribution in [1.29, 1.82) is 0 Å². The number of nitrogens with one attached hydrogen (secondary N) is 2. The molecule has 8 heteroatoms. The standard InChI is InChI=1S/C33H41N3O5/c1-23-30(20-36-17-7-12-29(36)22-39-2)40-32(41-31(23)26-15-13-25(21-37)14-16-26)27-10-6-11-28(18-27)35-33(38)34-19-24-8-4-3-5-9-24/h3-6,8-11,13-16,18,23,29-32,37H,7,12,17,19-22H2,1-2H3,(H2,34,35,38)/t23-,29+,30+,31+,32+/m1/s1. The van der Waals surface area contributed by atoms with E-state index in [4.69, 9.17) is 14.2 Å². The van der Waals surface area contributed by atoms with E-state index in [9.17, 15) is 9.90 Å². The van der Waals surface area contributed by atoms with Crippen LogP contribution in [0.3, 0.4) is 0 Å². The number of hydrogen-bond acceptors (Lipinski definition) is 6. The largest absolute Gasteiger partial charge is 0.392 e. The number of urea groups is 1. The number of hydrogen-bond donors (Lipinski definition) is 3. The van der Waals surface area contributed by atoms with Crippen LogP contribution in [0.1, 0.15) is 54.4 Å². The van der Waals surface area contributed by atoms with Gasteiger partial charge in [0, 0.05) is 43.4 Å². The molecule has 0 saturated carbocycles. The van der Waals surface area contributed by atoms with Crippen LogP contribution < -0.4 is 10.6 Å². The molecule has 5 atom stereocenters. The molecule has 8 nitrogen and oxygen atoms in total. The third-order valence-corrected chi connectivity index (χ3v) is 8.11. The van der Waals surface area contributed by atoms with E-state index < -0.39 is 6.29 Å². The van der Waals surface area contributed by atoms with Crippen LogP contribution in [0.4, 0.5) is 10.5 Å². The summed E-state index contributed by atoms with van der Waals surface area (Å²) < 4.78 is 18.8. The van der Waals surface area contributed by atoms with Gasteiger partial charge in [0.2, 0.25) is 0 Å². The molecule has 0 spiro atoms. The van der Waals surface area contributed by atoms with Crippen LogP contribution in [0.2, 0.25) is 0 Å². The van der Waals surface area contributed by atoms with Gasteiger partial charge < -0.3 is 30.0 Å². The number of nitrogens with zero attached hydrogens (tertiary/aromatic N) is 1. The van der Waals surface area contributed by atoms with E-state index in [1.165, 1.54) is 0 Å². The van der Waals surface area contributed by atoms with Crippen molar-refractivity contribution in [2.45, 2.75) is 57.5 Å². The van der Waals surface area contributed by atoms with Crippen LogP contribution in [0.5, 0.6) is 0 Å². The number of likely N-dealkylation sites (tertiary alicyclic amines) is 1. The quantitative estimate of drug-likeness (QED) is 0.308. The van der Waals surface area contributed by atoms with Crippen molar-refractivity contribution in [3.05, 3.63) is 101 Å². The van der Waals surface area contributed by atoms with Crippen molar-refractivity contribution in [3.63, 3.8) is 0 Å². The van der Waals surface area contributed by atoms with E-state index in [0.717, 1.165) is 48.2 Å². The van der Waals surface area contributed by atoms with E-state index in [2.05, 4.69) is 22.5 Å². The second-order valence-corrected chi connectivity index (χ2v) is 11.0. The van der Waals surface area contributed by atoms with Gasteiger partial charge in [0.25, 0.3) is 0 Å². The topological polar surface area (TPSA) is 92.3 Å². The van der Waals surface area contributed by atoms with Crippen LogP contribution in [-0.4, -0.2) is 55.0 Å². The average molecular weight is 560 g/mol. The van der Waals surface area contributed by atoms with E-state index in [1.54, 1.807) is 7.11 Å². The van der Waals surface area contributed by atoms with Crippen molar-refractivity contribution in [2.75, 3.05) is 32.1 Å². The van der Waals surface area contributed by atoms with Gasteiger partial charge in [-0.1, -0.05) is 73.7 Å². The highest BCUT2D eigenvalue weighted by Gasteiger charge is 2.40. The van der Waals surface area contributed by atoms with Gasteiger partial charge in [0.15, 0.2) is 6.29 Å². The molecule has 2 aliphatic heterocycles. The molecule has 218 valence electrons. The maximum Gasteiger partial charge on any atom is 0.319 e. The second-order valence-electron chi connectivity index (χ2n) is 11.0. The van der Waals surface area contributed by atoms with Gasteiger partial charge in [-0.05, 0) is 48.2 Å². The molecule has 3 aromatic carbocycles. The minimum Gasteiger partial charge on any atom is -0.392 e. The van der Waals surface area contributed by atoms with Crippen LogP contribution in [0.15, 0.2) is 78.9 Å². The number of anilines is 1. The van der Waals surface area contributed by atoms with Crippen LogP contribution >= 0.6 is 0 Å². The Morgan fingerprint density at radius 3 is 2.56 bits per heavy atom. The SMILES string of the molecule is COC[C@@H]1CCCN1C[C@@H]1O[C@H](c2cccc(NC(=O)NCc3ccccc3)c2)O[C@H](c2ccc(CO)cc2)[C@@H]1C. The van der Waals surface area contributed by atoms with Gasteiger partial charge in [-0.15, -0.1) is 0 Å². The third kappa shape index (κ3) is 7.52. The van der Waals surface area contributed by atoms with E-state index in [0.29, 0.717) is 24.9 Å². The van der Waals surface area contributed by atoms with Crippen molar-refractivity contribution < 1.29 is 24.1 Å². The Hall–Kier alpha value is -3.27. The van der Waals surface area contributed by atoms with Gasteiger partial charge in [-0.25, -0.2) is 4.79 Å². The Labute approximate surface area is 242 Å². The lowest BCUT2D eigenvalue weighted by molar-refractivity contribution is -0.276. The number of carbonyl (C=O) groups is 1. The number of amides is 2. The van der Waals surface area contributed by atoms with Crippen molar-refractivity contribution in [2.24, 2.45) is 5.92 Å². The first-order valence-electron chi connectivity index (χ1n) is 14.5. The summed E-state index contributed by atoms with van der Waals surface area (Å²) in [5.41, 5.74) is 4.46. The molecule has 3 aromatic rings. The molecule has 2 aliphatic rings. The van der Waals surface area contributed by atoms with Gasteiger partial charge in [0.05, 0.1) is 25.4 Å². The predicted octanol–water partition coefficient (Wildman–Crippen LogP) is 5.40. The summed E-state index contributed by atoms with van der Waals surface area (Å²) in [6, 6.07) is 25.5. The minimum absolute atomic E-state index is 0.00425. The van der Waals surface area contributed by atoms with Crippen molar-refractivity contribution >= 4 is 11.7 Å². The summed E-state index contributed by atoms with van der Waals surface area (Å²) >= 11 is 0. The van der Waals surface area contributed by atoms with Crippen LogP contribution in [-0.2, 0) is 27.4 Å². The molecular weight excluding hydrogens is 518 g/mol. The Bertz CT molecular complexity index is 1260. The molecule has 3 N–H and O–H groups in total. The van der Waals surface area contributed by atoms with Crippen molar-refractivity contribution in [3.8, 4) is 0 Å². The molecule has 0 bridgehead atoms. The third-order valence-electron chi connectivity index (χ3n) is 8.11. The van der Waals surface area contributed by atoms with Gasteiger partial charge in [-0.2, -0.15) is 0 Å². The van der Waals surface area contributed by atoms with Gasteiger partial charge >= 0.3 is 6.03 Å². The molecule has 2 amide bonds. The highest BCUT2D eigenvalue weighted by molar-refractivity contribution is 5.89. The van der Waals surface area contributed by atoms with Crippen LogP contribution in [0.25, 0.3) is 0 Å². The average Bonchev–Trinajstić information content (AvgIpc) is 3.44. The Morgan fingerprint density at radius 2 is 1.80 bits per heavy atom. The molecule has 5 rings (SSSR count). The first-order chi connectivity index (χ1) is 20.0. The molecule has 0 aromatic heterocycles. The summed E-state index contributed by atoms with van der Waals surface area (Å²) in [6.45, 7) is 5.16. The van der Waals surface area contributed by atoms with Gasteiger partial charge in [-0.3, -0.25) is 4.90 Å². The Morgan fingerprint density at radius 1 is 1.00 bits per heavy atom. The van der Waals surface area contributed by atoms with Crippen LogP contribution in [0, 0.1) is 5.92 Å². The molecule has 0 aliphatic carbocycles. The number of aliphatic hydroxyl groups is 1. The normalized spacial score (nSPS) is 24.7. The van der Waals surface area contributed by atoms with E-state index in [1.807, 2.05) is 78.9 Å². The number of ether oxygens (including phenoxy) is 3. The number of methoxy groups -OCH3 is 1. The summed E-state index contributed by atoms with van der Waals surface area (Å²) in [4.78, 5) is 15.1. The fourth-order valence-corrected chi connectivity index (χ4v) is 5.79. The van der Waals surface area contributed by atoms with E-state index >= 15 is 0 Å². The Balaban J connectivity index is 1.32. The predicted molar refractivity (Wildman–Crippen MR) is 158 cm³/mol. The zero-order valence-electron chi connectivity index (χ0n) is 23.9. The molecule has 2 fully saturated rings. The first kappa shape index (κ1) is 29.2. The lowest BCUT2D eigenvalue weighted by atomic mass is 9.90. The maximum absolute atomic E-state index is 12.6. The fourth-order valence-electron chi connectivity index (χ4n) is 5.79. The summed E-state index contributed by atoms with van der Waals surface area (Å²) in [5.74, 6) is 0.0973. The zero-order chi connectivity index (χ0) is 28.6. The number of aliphatic hydroxyl groups excluding tert-OH is 1. The van der Waals surface area contributed by atoms with Gasteiger partial charge in [0.1, 0.15) is 0 Å². The molecule has 2 saturated heterocycles. The monoisotopic (exact) mass is 559 g/mol. The highest BCUT2D eigenvalue weighted by Crippen LogP contribution is 2.42.